The minimum absolute atomic E-state index is 0.200. The molecular formula is C26H28N2O5. The Balaban J connectivity index is 1.74. The summed E-state index contributed by atoms with van der Waals surface area (Å²) in [6.45, 7) is 6.89. The maximum atomic E-state index is 12.9. The average molecular weight is 449 g/mol. The summed E-state index contributed by atoms with van der Waals surface area (Å²) in [6.07, 6.45) is 0. The standard InChI is InChI=1S/C26H28N2O5/c1-4-31-22-16-19(17-23(32-5-2)24(22)33-6-3)26(30)28-21-14-12-20(13-15-21)27-25(29)18-10-8-7-9-11-18/h7-17H,4-6H2,1-3H3,(H,27,29)(H,28,30). The van der Waals surface area contributed by atoms with E-state index in [2.05, 4.69) is 10.6 Å². The first-order valence-electron chi connectivity index (χ1n) is 10.9. The molecule has 0 aromatic heterocycles. The zero-order valence-electron chi connectivity index (χ0n) is 19.0. The second-order valence-corrected chi connectivity index (χ2v) is 6.95. The molecule has 172 valence electrons. The van der Waals surface area contributed by atoms with Gasteiger partial charge in [0.2, 0.25) is 5.75 Å². The van der Waals surface area contributed by atoms with Gasteiger partial charge < -0.3 is 24.8 Å². The molecule has 0 atom stereocenters. The average Bonchev–Trinajstić information content (AvgIpc) is 2.83. The van der Waals surface area contributed by atoms with Crippen molar-refractivity contribution in [3.63, 3.8) is 0 Å². The number of ether oxygens (including phenoxy) is 3. The van der Waals surface area contributed by atoms with Crippen LogP contribution in [0.4, 0.5) is 11.4 Å². The van der Waals surface area contributed by atoms with Gasteiger partial charge in [0.25, 0.3) is 11.8 Å². The molecule has 33 heavy (non-hydrogen) atoms. The zero-order chi connectivity index (χ0) is 23.6. The van der Waals surface area contributed by atoms with Crippen LogP contribution in [0.25, 0.3) is 0 Å². The van der Waals surface area contributed by atoms with Crippen molar-refractivity contribution in [3.8, 4) is 17.2 Å². The summed E-state index contributed by atoms with van der Waals surface area (Å²) < 4.78 is 17.0. The van der Waals surface area contributed by atoms with E-state index in [0.717, 1.165) is 0 Å². The van der Waals surface area contributed by atoms with Crippen LogP contribution in [-0.4, -0.2) is 31.6 Å². The van der Waals surface area contributed by atoms with E-state index in [1.807, 2.05) is 39.0 Å². The topological polar surface area (TPSA) is 85.9 Å². The number of carbonyl (C=O) groups excluding carboxylic acids is 2. The Bertz CT molecular complexity index is 1050. The highest BCUT2D eigenvalue weighted by atomic mass is 16.5. The summed E-state index contributed by atoms with van der Waals surface area (Å²) in [5, 5.41) is 5.69. The van der Waals surface area contributed by atoms with Gasteiger partial charge in [-0.15, -0.1) is 0 Å². The third-order valence-electron chi connectivity index (χ3n) is 4.61. The van der Waals surface area contributed by atoms with Crippen LogP contribution in [0.1, 0.15) is 41.5 Å². The molecule has 2 N–H and O–H groups in total. The van der Waals surface area contributed by atoms with Crippen molar-refractivity contribution in [2.45, 2.75) is 20.8 Å². The molecule has 0 aliphatic heterocycles. The highest BCUT2D eigenvalue weighted by molar-refractivity contribution is 6.06. The second-order valence-electron chi connectivity index (χ2n) is 6.95. The van der Waals surface area contributed by atoms with Gasteiger partial charge in [0.1, 0.15) is 0 Å². The summed E-state index contributed by atoms with van der Waals surface area (Å²) in [5.74, 6) is 0.870. The first-order chi connectivity index (χ1) is 16.0. The van der Waals surface area contributed by atoms with Gasteiger partial charge in [0.05, 0.1) is 19.8 Å². The minimum atomic E-state index is -0.318. The summed E-state index contributed by atoms with van der Waals surface area (Å²) in [4.78, 5) is 25.2. The number of benzene rings is 3. The van der Waals surface area contributed by atoms with E-state index in [1.54, 1.807) is 48.5 Å². The van der Waals surface area contributed by atoms with Gasteiger partial charge in [-0.05, 0) is 69.3 Å². The first-order valence-corrected chi connectivity index (χ1v) is 10.9. The van der Waals surface area contributed by atoms with E-state index >= 15 is 0 Å². The Labute approximate surface area is 193 Å². The second kappa shape index (κ2) is 11.6. The van der Waals surface area contributed by atoms with Gasteiger partial charge in [-0.1, -0.05) is 18.2 Å². The monoisotopic (exact) mass is 448 g/mol. The first kappa shape index (κ1) is 23.7. The number of rotatable bonds is 10. The number of carbonyl (C=O) groups is 2. The van der Waals surface area contributed by atoms with Gasteiger partial charge >= 0.3 is 0 Å². The van der Waals surface area contributed by atoms with E-state index in [4.69, 9.17) is 14.2 Å². The lowest BCUT2D eigenvalue weighted by molar-refractivity contribution is 0.101. The molecule has 0 fully saturated rings. The van der Waals surface area contributed by atoms with Crippen molar-refractivity contribution >= 4 is 23.2 Å². The number of hydrogen-bond acceptors (Lipinski definition) is 5. The largest absolute Gasteiger partial charge is 0.490 e. The van der Waals surface area contributed by atoms with Crippen molar-refractivity contribution in [1.29, 1.82) is 0 Å². The Morgan fingerprint density at radius 2 is 1.09 bits per heavy atom. The molecule has 0 saturated carbocycles. The number of hydrogen-bond donors (Lipinski definition) is 2. The third-order valence-corrected chi connectivity index (χ3v) is 4.61. The van der Waals surface area contributed by atoms with Crippen molar-refractivity contribution < 1.29 is 23.8 Å². The normalized spacial score (nSPS) is 10.3. The summed E-state index contributed by atoms with van der Waals surface area (Å²) >= 11 is 0. The fraction of sp³-hybridized carbons (Fsp3) is 0.231. The molecule has 0 saturated heterocycles. The molecule has 3 aromatic carbocycles. The van der Waals surface area contributed by atoms with Crippen molar-refractivity contribution in [2.75, 3.05) is 30.5 Å². The molecule has 0 unspecified atom stereocenters. The molecule has 7 nitrogen and oxygen atoms in total. The van der Waals surface area contributed by atoms with Crippen LogP contribution >= 0.6 is 0 Å². The van der Waals surface area contributed by atoms with E-state index in [-0.39, 0.29) is 11.8 Å². The van der Waals surface area contributed by atoms with E-state index < -0.39 is 0 Å². The molecular weight excluding hydrogens is 420 g/mol. The predicted molar refractivity (Wildman–Crippen MR) is 129 cm³/mol. The smallest absolute Gasteiger partial charge is 0.255 e. The zero-order valence-corrected chi connectivity index (χ0v) is 19.0. The van der Waals surface area contributed by atoms with Crippen LogP contribution in [0, 0.1) is 0 Å². The predicted octanol–water partition coefficient (Wildman–Crippen LogP) is 5.39. The van der Waals surface area contributed by atoms with Crippen LogP contribution in [0.5, 0.6) is 17.2 Å². The highest BCUT2D eigenvalue weighted by Crippen LogP contribution is 2.39. The Morgan fingerprint density at radius 3 is 1.55 bits per heavy atom. The van der Waals surface area contributed by atoms with E-state index in [9.17, 15) is 9.59 Å². The third kappa shape index (κ3) is 6.26. The highest BCUT2D eigenvalue weighted by Gasteiger charge is 2.18. The fourth-order valence-electron chi connectivity index (χ4n) is 3.15. The van der Waals surface area contributed by atoms with Gasteiger partial charge in [-0.2, -0.15) is 0 Å². The van der Waals surface area contributed by atoms with Gasteiger partial charge in [0, 0.05) is 22.5 Å². The van der Waals surface area contributed by atoms with Crippen molar-refractivity contribution in [3.05, 3.63) is 77.9 Å². The van der Waals surface area contributed by atoms with Crippen LogP contribution in [0.15, 0.2) is 66.7 Å². The molecule has 7 heteroatoms. The molecule has 3 rings (SSSR count). The molecule has 2 amide bonds. The van der Waals surface area contributed by atoms with Gasteiger partial charge in [-0.3, -0.25) is 9.59 Å². The van der Waals surface area contributed by atoms with Crippen LogP contribution in [-0.2, 0) is 0 Å². The molecule has 0 bridgehead atoms. The summed E-state index contributed by atoms with van der Waals surface area (Å²) in [6, 6.07) is 19.1. The Kier molecular flexibility index (Phi) is 8.30. The molecule has 0 aliphatic rings. The lowest BCUT2D eigenvalue weighted by Crippen LogP contribution is -2.14. The Morgan fingerprint density at radius 1 is 0.636 bits per heavy atom. The van der Waals surface area contributed by atoms with Crippen molar-refractivity contribution in [1.82, 2.24) is 0 Å². The fourth-order valence-corrected chi connectivity index (χ4v) is 3.15. The van der Waals surface area contributed by atoms with Crippen molar-refractivity contribution in [2.24, 2.45) is 0 Å². The van der Waals surface area contributed by atoms with E-state index in [1.165, 1.54) is 0 Å². The maximum absolute atomic E-state index is 12.9. The van der Waals surface area contributed by atoms with Crippen LogP contribution in [0.3, 0.4) is 0 Å². The summed E-state index contributed by atoms with van der Waals surface area (Å²) in [7, 11) is 0. The quantitative estimate of drug-likeness (QED) is 0.434. The molecule has 0 spiro atoms. The van der Waals surface area contributed by atoms with E-state index in [0.29, 0.717) is 59.6 Å². The van der Waals surface area contributed by atoms with Crippen LogP contribution in [0.2, 0.25) is 0 Å². The number of anilines is 2. The SMILES string of the molecule is CCOc1cc(C(=O)Nc2ccc(NC(=O)c3ccccc3)cc2)cc(OCC)c1OCC. The van der Waals surface area contributed by atoms with Gasteiger partial charge in [-0.25, -0.2) is 0 Å². The number of nitrogens with one attached hydrogen (secondary N) is 2. The number of amides is 2. The molecule has 0 heterocycles. The summed E-state index contributed by atoms with van der Waals surface area (Å²) in [5.41, 5.74) is 2.16. The minimum Gasteiger partial charge on any atom is -0.490 e. The lowest BCUT2D eigenvalue weighted by atomic mass is 10.1. The molecule has 3 aromatic rings. The van der Waals surface area contributed by atoms with Crippen LogP contribution < -0.4 is 24.8 Å². The lowest BCUT2D eigenvalue weighted by Gasteiger charge is -2.17. The van der Waals surface area contributed by atoms with Gasteiger partial charge in [0.15, 0.2) is 11.5 Å². The molecule has 0 radical (unpaired) electrons. The Hall–Kier alpha value is -4.00. The maximum Gasteiger partial charge on any atom is 0.255 e. The molecule has 0 aliphatic carbocycles.